The number of rotatable bonds is 4. The first-order chi connectivity index (χ1) is 9.85. The number of halogens is 1. The van der Waals surface area contributed by atoms with Crippen LogP contribution in [0.4, 0.5) is 5.69 Å². The Balaban J connectivity index is 2.35. The maximum absolute atomic E-state index is 11.5. The number of carbonyl (C=O) groups is 1. The van der Waals surface area contributed by atoms with Crippen molar-refractivity contribution in [3.8, 4) is 0 Å². The number of carbonyl (C=O) groups excluding carboxylic acids is 1. The summed E-state index contributed by atoms with van der Waals surface area (Å²) in [4.78, 5) is 27.1. The molecule has 112 valence electrons. The minimum atomic E-state index is -0.929. The second-order valence-corrected chi connectivity index (χ2v) is 5.03. The van der Waals surface area contributed by atoms with Crippen LogP contribution >= 0.6 is 11.6 Å². The number of non-ortho nitro benzene ring substituents is 1. The molecule has 0 saturated carbocycles. The summed E-state index contributed by atoms with van der Waals surface area (Å²) in [7, 11) is 0. The zero-order valence-corrected chi connectivity index (χ0v) is 12.1. The van der Waals surface area contributed by atoms with E-state index in [4.69, 9.17) is 16.4 Å². The smallest absolute Gasteiger partial charge is 0.270 e. The fourth-order valence-electron chi connectivity index (χ4n) is 1.77. The van der Waals surface area contributed by atoms with Gasteiger partial charge in [-0.05, 0) is 13.8 Å². The lowest BCUT2D eigenvalue weighted by atomic mass is 10.1. The second-order valence-electron chi connectivity index (χ2n) is 4.76. The number of amides is 1. The van der Waals surface area contributed by atoms with Gasteiger partial charge in [0.05, 0.1) is 4.92 Å². The summed E-state index contributed by atoms with van der Waals surface area (Å²) in [6, 6.07) is 5.88. The van der Waals surface area contributed by atoms with Crippen LogP contribution in [0.15, 0.2) is 29.4 Å². The predicted molar refractivity (Wildman–Crippen MR) is 75.5 cm³/mol. The molecular formula is C12H13ClN4O4. The third-order valence-corrected chi connectivity index (χ3v) is 3.02. The van der Waals surface area contributed by atoms with Crippen LogP contribution in [0.25, 0.3) is 0 Å². The molecule has 1 aromatic carbocycles. The zero-order chi connectivity index (χ0) is 15.6. The highest BCUT2D eigenvalue weighted by Gasteiger charge is 2.39. The van der Waals surface area contributed by atoms with Gasteiger partial charge in [0.1, 0.15) is 5.88 Å². The molecule has 0 bridgehead atoms. The summed E-state index contributed by atoms with van der Waals surface area (Å²) in [5, 5.41) is 16.1. The molecule has 2 rings (SSSR count). The van der Waals surface area contributed by atoms with Gasteiger partial charge < -0.3 is 4.84 Å². The van der Waals surface area contributed by atoms with Crippen molar-refractivity contribution in [2.75, 3.05) is 5.88 Å². The number of amidine groups is 1. The third kappa shape index (κ3) is 3.05. The van der Waals surface area contributed by atoms with E-state index in [-0.39, 0.29) is 17.4 Å². The highest BCUT2D eigenvalue weighted by molar-refractivity contribution is 6.27. The van der Waals surface area contributed by atoms with Crippen LogP contribution in [0, 0.1) is 10.1 Å². The number of nitro benzene ring substituents is 1. The zero-order valence-electron chi connectivity index (χ0n) is 11.4. The monoisotopic (exact) mass is 312 g/mol. The average Bonchev–Trinajstić information content (AvgIpc) is 2.74. The molecule has 1 heterocycles. The molecule has 21 heavy (non-hydrogen) atoms. The summed E-state index contributed by atoms with van der Waals surface area (Å²) in [5.41, 5.74) is 1.99. The van der Waals surface area contributed by atoms with Gasteiger partial charge in [0.2, 0.25) is 5.72 Å². The van der Waals surface area contributed by atoms with Gasteiger partial charge >= 0.3 is 0 Å². The highest BCUT2D eigenvalue weighted by atomic mass is 35.5. The molecule has 1 aliphatic heterocycles. The van der Waals surface area contributed by atoms with Crippen LogP contribution < -0.4 is 5.43 Å². The van der Waals surface area contributed by atoms with E-state index in [9.17, 15) is 14.9 Å². The lowest BCUT2D eigenvalue weighted by molar-refractivity contribution is -0.384. The fraction of sp³-hybridized carbons (Fsp3) is 0.333. The number of benzene rings is 1. The highest BCUT2D eigenvalue weighted by Crippen LogP contribution is 2.26. The van der Waals surface area contributed by atoms with E-state index >= 15 is 0 Å². The minimum absolute atomic E-state index is 0.0801. The molecule has 1 aromatic rings. The Morgan fingerprint density at radius 2 is 2.29 bits per heavy atom. The molecule has 9 heteroatoms. The second kappa shape index (κ2) is 5.57. The van der Waals surface area contributed by atoms with E-state index in [1.54, 1.807) is 19.9 Å². The number of hydrogen-bond acceptors (Lipinski definition) is 6. The van der Waals surface area contributed by atoms with E-state index in [0.717, 1.165) is 0 Å². The number of oxime groups is 1. The molecule has 0 radical (unpaired) electrons. The Labute approximate surface area is 125 Å². The number of nitro groups is 1. The Morgan fingerprint density at radius 1 is 1.57 bits per heavy atom. The number of alkyl halides is 1. The standard InChI is InChI=1S/C12H13ClN4O4/c1-12(2)16(14-10(18)7-13)11(15-21-12)8-4-3-5-9(6-8)17(19)20/h3-6H,7H2,1-2H3,(H,14,18). The first-order valence-electron chi connectivity index (χ1n) is 6.02. The van der Waals surface area contributed by atoms with Crippen LogP contribution in [-0.2, 0) is 9.63 Å². The van der Waals surface area contributed by atoms with Gasteiger partial charge in [-0.2, -0.15) is 0 Å². The molecule has 1 aliphatic rings. The van der Waals surface area contributed by atoms with Crippen LogP contribution in [-0.4, -0.2) is 33.3 Å². The van der Waals surface area contributed by atoms with Gasteiger partial charge in [-0.25, -0.2) is 5.01 Å². The summed E-state index contributed by atoms with van der Waals surface area (Å²) in [6.07, 6.45) is 0. The largest absolute Gasteiger partial charge is 0.364 e. The van der Waals surface area contributed by atoms with E-state index in [0.29, 0.717) is 5.56 Å². The lowest BCUT2D eigenvalue weighted by Crippen LogP contribution is -2.55. The van der Waals surface area contributed by atoms with Gasteiger partial charge in [-0.3, -0.25) is 20.3 Å². The molecule has 0 aromatic heterocycles. The van der Waals surface area contributed by atoms with Gasteiger partial charge in [-0.1, -0.05) is 17.3 Å². The van der Waals surface area contributed by atoms with E-state index in [2.05, 4.69) is 10.6 Å². The maximum Gasteiger partial charge on any atom is 0.270 e. The van der Waals surface area contributed by atoms with Crippen molar-refractivity contribution >= 4 is 29.0 Å². The van der Waals surface area contributed by atoms with Gasteiger partial charge in [0, 0.05) is 17.7 Å². The topological polar surface area (TPSA) is 97.1 Å². The molecule has 0 fully saturated rings. The first kappa shape index (κ1) is 15.0. The number of hydrogen-bond donors (Lipinski definition) is 1. The molecule has 0 atom stereocenters. The number of hydrazine groups is 1. The molecule has 1 amide bonds. The minimum Gasteiger partial charge on any atom is -0.364 e. The van der Waals surface area contributed by atoms with Crippen molar-refractivity contribution < 1.29 is 14.6 Å². The quantitative estimate of drug-likeness (QED) is 0.517. The molecule has 0 saturated heterocycles. The first-order valence-corrected chi connectivity index (χ1v) is 6.55. The van der Waals surface area contributed by atoms with Gasteiger partial charge in [0.25, 0.3) is 11.6 Å². The molecule has 0 unspecified atom stereocenters. The van der Waals surface area contributed by atoms with Crippen molar-refractivity contribution in [2.24, 2.45) is 5.16 Å². The lowest BCUT2D eigenvalue weighted by Gasteiger charge is -2.30. The maximum atomic E-state index is 11.5. The van der Waals surface area contributed by atoms with E-state index in [1.807, 2.05) is 0 Å². The van der Waals surface area contributed by atoms with Crippen molar-refractivity contribution in [3.05, 3.63) is 39.9 Å². The van der Waals surface area contributed by atoms with Crippen molar-refractivity contribution in [2.45, 2.75) is 19.6 Å². The number of nitrogens with zero attached hydrogens (tertiary/aromatic N) is 3. The summed E-state index contributed by atoms with van der Waals surface area (Å²) < 4.78 is 0. The summed E-state index contributed by atoms with van der Waals surface area (Å²) >= 11 is 5.48. The summed E-state index contributed by atoms with van der Waals surface area (Å²) in [6.45, 7) is 3.38. The van der Waals surface area contributed by atoms with Gasteiger partial charge in [-0.15, -0.1) is 11.6 Å². The SMILES string of the molecule is CC1(C)ON=C(c2cccc([N+](=O)[O-])c2)N1NC(=O)CCl. The molecule has 1 N–H and O–H groups in total. The Kier molecular flexibility index (Phi) is 3.99. The van der Waals surface area contributed by atoms with Crippen LogP contribution in [0.5, 0.6) is 0 Å². The average molecular weight is 313 g/mol. The molecule has 0 spiro atoms. The molecular weight excluding hydrogens is 300 g/mol. The van der Waals surface area contributed by atoms with Gasteiger partial charge in [0.15, 0.2) is 5.84 Å². The Bertz CT molecular complexity index is 617. The van der Waals surface area contributed by atoms with Crippen LogP contribution in [0.3, 0.4) is 0 Å². The predicted octanol–water partition coefficient (Wildman–Crippen LogP) is 1.59. The van der Waals surface area contributed by atoms with Crippen molar-refractivity contribution in [1.82, 2.24) is 10.4 Å². The van der Waals surface area contributed by atoms with E-state index < -0.39 is 16.6 Å². The Hall–Kier alpha value is -2.35. The third-order valence-electron chi connectivity index (χ3n) is 2.78. The normalized spacial score (nSPS) is 16.1. The number of nitrogens with one attached hydrogen (secondary N) is 1. The van der Waals surface area contributed by atoms with Crippen molar-refractivity contribution in [1.29, 1.82) is 0 Å². The van der Waals surface area contributed by atoms with Crippen molar-refractivity contribution in [3.63, 3.8) is 0 Å². The summed E-state index contributed by atoms with van der Waals surface area (Å²) in [5.74, 6) is -0.398. The molecule has 0 aliphatic carbocycles. The molecule has 8 nitrogen and oxygen atoms in total. The van der Waals surface area contributed by atoms with Crippen LogP contribution in [0.2, 0.25) is 0 Å². The van der Waals surface area contributed by atoms with E-state index in [1.165, 1.54) is 23.2 Å². The van der Waals surface area contributed by atoms with Crippen LogP contribution in [0.1, 0.15) is 19.4 Å². The fourth-order valence-corrected chi connectivity index (χ4v) is 1.83. The Morgan fingerprint density at radius 3 is 2.90 bits per heavy atom.